The summed E-state index contributed by atoms with van der Waals surface area (Å²) in [7, 11) is 0. The quantitative estimate of drug-likeness (QED) is 0.908. The summed E-state index contributed by atoms with van der Waals surface area (Å²) < 4.78 is 0. The zero-order valence-corrected chi connectivity index (χ0v) is 11.5. The third-order valence-corrected chi connectivity index (χ3v) is 3.88. The first-order chi connectivity index (χ1) is 9.04. The van der Waals surface area contributed by atoms with Gasteiger partial charge in [0.25, 0.3) is 0 Å². The van der Waals surface area contributed by atoms with Crippen molar-refractivity contribution in [2.75, 3.05) is 5.32 Å². The summed E-state index contributed by atoms with van der Waals surface area (Å²) in [6, 6.07) is 3.31. The topological polar surface area (TPSA) is 79.3 Å². The van der Waals surface area contributed by atoms with Crippen molar-refractivity contribution in [1.82, 2.24) is 4.98 Å². The Hall–Kier alpha value is -1.99. The number of hydrogen-bond acceptors (Lipinski definition) is 5. The van der Waals surface area contributed by atoms with Crippen molar-refractivity contribution >= 4 is 51.8 Å². The third kappa shape index (κ3) is 3.73. The molecule has 1 amide bonds. The van der Waals surface area contributed by atoms with E-state index in [-0.39, 0.29) is 5.91 Å². The van der Waals surface area contributed by atoms with Crippen LogP contribution in [0.15, 0.2) is 17.5 Å². The Morgan fingerprint density at radius 1 is 1.37 bits per heavy atom. The van der Waals surface area contributed by atoms with Crippen molar-refractivity contribution in [1.29, 1.82) is 0 Å². The summed E-state index contributed by atoms with van der Waals surface area (Å²) in [5.74, 6) is -1.08. The maximum atomic E-state index is 10.9. The van der Waals surface area contributed by atoms with E-state index in [0.29, 0.717) is 10.0 Å². The standard InChI is InChI=1S/C12H10N2O3S2/c1-7(15)13-12-14-8(6-18-12)2-3-9-4-5-10(19-9)11(16)17/h2-6H,1H3,(H,16,17)(H,13,14,15)/b3-2+. The van der Waals surface area contributed by atoms with Crippen LogP contribution in [-0.2, 0) is 4.79 Å². The molecule has 0 aliphatic rings. The number of nitrogens with zero attached hydrogens (tertiary/aromatic N) is 1. The fraction of sp³-hybridized carbons (Fsp3) is 0.0833. The maximum absolute atomic E-state index is 10.9. The van der Waals surface area contributed by atoms with Gasteiger partial charge in [-0.2, -0.15) is 0 Å². The van der Waals surface area contributed by atoms with Gasteiger partial charge < -0.3 is 10.4 Å². The molecular weight excluding hydrogens is 284 g/mol. The number of aromatic nitrogens is 1. The SMILES string of the molecule is CC(=O)Nc1nc(/C=C/c2ccc(C(=O)O)s2)cs1. The average molecular weight is 294 g/mol. The van der Waals surface area contributed by atoms with Crippen LogP contribution in [0.4, 0.5) is 5.13 Å². The molecule has 0 aliphatic heterocycles. The highest BCUT2D eigenvalue weighted by molar-refractivity contribution is 7.15. The number of thiazole rings is 1. The van der Waals surface area contributed by atoms with Gasteiger partial charge in [-0.3, -0.25) is 4.79 Å². The van der Waals surface area contributed by atoms with E-state index in [1.165, 1.54) is 29.6 Å². The van der Waals surface area contributed by atoms with Crippen LogP contribution in [-0.4, -0.2) is 22.0 Å². The Labute approximate surface area is 117 Å². The lowest BCUT2D eigenvalue weighted by Gasteiger charge is -1.92. The minimum atomic E-state index is -0.925. The normalized spacial score (nSPS) is 10.8. The zero-order valence-electron chi connectivity index (χ0n) is 9.91. The lowest BCUT2D eigenvalue weighted by molar-refractivity contribution is -0.114. The van der Waals surface area contributed by atoms with E-state index in [1.807, 2.05) is 5.38 Å². The van der Waals surface area contributed by atoms with Gasteiger partial charge in [0.05, 0.1) is 5.69 Å². The van der Waals surface area contributed by atoms with Gasteiger partial charge in [-0.05, 0) is 24.3 Å². The second kappa shape index (κ2) is 5.77. The Morgan fingerprint density at radius 3 is 2.79 bits per heavy atom. The maximum Gasteiger partial charge on any atom is 0.345 e. The molecule has 0 aromatic carbocycles. The monoisotopic (exact) mass is 294 g/mol. The first kappa shape index (κ1) is 13.4. The van der Waals surface area contributed by atoms with Crippen LogP contribution in [0, 0.1) is 0 Å². The highest BCUT2D eigenvalue weighted by Gasteiger charge is 2.05. The van der Waals surface area contributed by atoms with Gasteiger partial charge in [0.15, 0.2) is 5.13 Å². The number of anilines is 1. The van der Waals surface area contributed by atoms with Crippen molar-refractivity contribution in [3.05, 3.63) is 33.0 Å². The molecule has 2 aromatic heterocycles. The average Bonchev–Trinajstić information content (AvgIpc) is 2.94. The second-order valence-corrected chi connectivity index (χ2v) is 5.57. The summed E-state index contributed by atoms with van der Waals surface area (Å²) in [6.45, 7) is 1.43. The molecule has 0 saturated carbocycles. The Bertz CT molecular complexity index is 643. The highest BCUT2D eigenvalue weighted by Crippen LogP contribution is 2.21. The molecule has 98 valence electrons. The van der Waals surface area contributed by atoms with E-state index in [2.05, 4.69) is 10.3 Å². The molecule has 0 bridgehead atoms. The van der Waals surface area contributed by atoms with Gasteiger partial charge in [0, 0.05) is 17.2 Å². The molecule has 0 aliphatic carbocycles. The molecule has 2 heterocycles. The van der Waals surface area contributed by atoms with E-state index >= 15 is 0 Å². The zero-order chi connectivity index (χ0) is 13.8. The van der Waals surface area contributed by atoms with Crippen LogP contribution in [0.1, 0.15) is 27.2 Å². The Morgan fingerprint density at radius 2 is 2.16 bits per heavy atom. The second-order valence-electron chi connectivity index (χ2n) is 3.60. The number of hydrogen-bond donors (Lipinski definition) is 2. The number of amides is 1. The lowest BCUT2D eigenvalue weighted by atomic mass is 10.3. The van der Waals surface area contributed by atoms with E-state index in [4.69, 9.17) is 5.11 Å². The molecule has 5 nitrogen and oxygen atoms in total. The van der Waals surface area contributed by atoms with Crippen LogP contribution in [0.3, 0.4) is 0 Å². The number of carbonyl (C=O) groups excluding carboxylic acids is 1. The first-order valence-electron chi connectivity index (χ1n) is 5.29. The largest absolute Gasteiger partial charge is 0.477 e. The number of aromatic carboxylic acids is 1. The van der Waals surface area contributed by atoms with Gasteiger partial charge in [-0.1, -0.05) is 0 Å². The van der Waals surface area contributed by atoms with Crippen LogP contribution in [0.2, 0.25) is 0 Å². The summed E-state index contributed by atoms with van der Waals surface area (Å²) in [5.41, 5.74) is 0.721. The third-order valence-electron chi connectivity index (χ3n) is 2.06. The van der Waals surface area contributed by atoms with Crippen molar-refractivity contribution in [3.8, 4) is 0 Å². The van der Waals surface area contributed by atoms with E-state index in [1.54, 1.807) is 24.3 Å². The Balaban J connectivity index is 2.07. The summed E-state index contributed by atoms with van der Waals surface area (Å²) in [4.78, 5) is 26.9. The predicted molar refractivity (Wildman–Crippen MR) is 76.6 cm³/mol. The molecule has 0 fully saturated rings. The minimum absolute atomic E-state index is 0.158. The van der Waals surface area contributed by atoms with Crippen molar-refractivity contribution in [2.45, 2.75) is 6.92 Å². The first-order valence-corrected chi connectivity index (χ1v) is 6.98. The molecule has 2 rings (SSSR count). The molecule has 2 N–H and O–H groups in total. The smallest absolute Gasteiger partial charge is 0.345 e. The Kier molecular flexibility index (Phi) is 4.08. The van der Waals surface area contributed by atoms with E-state index in [9.17, 15) is 9.59 Å². The van der Waals surface area contributed by atoms with Gasteiger partial charge in [0.2, 0.25) is 5.91 Å². The number of nitrogens with one attached hydrogen (secondary N) is 1. The van der Waals surface area contributed by atoms with Crippen molar-refractivity contribution in [2.24, 2.45) is 0 Å². The van der Waals surface area contributed by atoms with Gasteiger partial charge in [-0.25, -0.2) is 9.78 Å². The fourth-order valence-corrected chi connectivity index (χ4v) is 2.77. The number of carboxylic acid groups (broad SMARTS) is 1. The van der Waals surface area contributed by atoms with E-state index in [0.717, 1.165) is 10.6 Å². The van der Waals surface area contributed by atoms with Crippen molar-refractivity contribution < 1.29 is 14.7 Å². The van der Waals surface area contributed by atoms with Gasteiger partial charge in [0.1, 0.15) is 4.88 Å². The number of thiophene rings is 1. The number of carbonyl (C=O) groups is 2. The predicted octanol–water partition coefficient (Wildman–Crippen LogP) is 3.03. The highest BCUT2D eigenvalue weighted by atomic mass is 32.1. The van der Waals surface area contributed by atoms with Crippen LogP contribution in [0.25, 0.3) is 12.2 Å². The molecule has 0 spiro atoms. The van der Waals surface area contributed by atoms with E-state index < -0.39 is 5.97 Å². The molecular formula is C12H10N2O3S2. The number of carboxylic acids is 1. The molecule has 19 heavy (non-hydrogen) atoms. The summed E-state index contributed by atoms with van der Waals surface area (Å²) in [5, 5.41) is 13.8. The molecule has 0 atom stereocenters. The minimum Gasteiger partial charge on any atom is -0.477 e. The summed E-state index contributed by atoms with van der Waals surface area (Å²) in [6.07, 6.45) is 3.57. The van der Waals surface area contributed by atoms with Gasteiger partial charge in [-0.15, -0.1) is 22.7 Å². The number of rotatable bonds is 4. The fourth-order valence-electron chi connectivity index (χ4n) is 1.30. The molecule has 0 unspecified atom stereocenters. The molecule has 0 radical (unpaired) electrons. The molecule has 7 heteroatoms. The van der Waals surface area contributed by atoms with Crippen LogP contribution in [0.5, 0.6) is 0 Å². The molecule has 2 aromatic rings. The van der Waals surface area contributed by atoms with Crippen LogP contribution < -0.4 is 5.32 Å². The van der Waals surface area contributed by atoms with Crippen molar-refractivity contribution in [3.63, 3.8) is 0 Å². The molecule has 0 saturated heterocycles. The summed E-state index contributed by atoms with van der Waals surface area (Å²) >= 11 is 2.54. The lowest BCUT2D eigenvalue weighted by Crippen LogP contribution is -2.04. The van der Waals surface area contributed by atoms with Crippen LogP contribution >= 0.6 is 22.7 Å². The van der Waals surface area contributed by atoms with Gasteiger partial charge >= 0.3 is 5.97 Å².